The molecular weight excluding hydrogens is 851 g/mol. The van der Waals surface area contributed by atoms with Gasteiger partial charge in [-0.05, 0) is 83.9 Å². The molecule has 5 aromatic heterocycles. The Morgan fingerprint density at radius 2 is 0.629 bits per heavy atom. The fourth-order valence-electron chi connectivity index (χ4n) is 11.2. The van der Waals surface area contributed by atoms with E-state index in [9.17, 15) is 5.48 Å². The largest absolute Gasteiger partial charge is 0.309 e. The van der Waals surface area contributed by atoms with Crippen LogP contribution in [0.15, 0.2) is 249 Å². The molecule has 15 aromatic rings. The number of para-hydroxylation sites is 9. The zero-order valence-electron chi connectivity index (χ0n) is 45.3. The van der Waals surface area contributed by atoms with Gasteiger partial charge in [-0.25, -0.2) is 4.98 Å². The first kappa shape index (κ1) is 31.5. The van der Waals surface area contributed by atoms with E-state index in [1.165, 1.54) is 0 Å². The average molecular weight is 900 g/mol. The van der Waals surface area contributed by atoms with Gasteiger partial charge in [-0.2, -0.15) is 0 Å². The Balaban J connectivity index is 1.15. The molecule has 326 valence electrons. The minimum atomic E-state index is -0.382. The number of hydrogen-bond acceptors (Lipinski definition) is 1. The maximum absolute atomic E-state index is 9.57. The smallest absolute Gasteiger partial charge is 0.140 e. The summed E-state index contributed by atoms with van der Waals surface area (Å²) < 4.78 is 81.8. The number of aromatic nitrogens is 5. The minimum absolute atomic E-state index is 0.170. The number of pyridine rings is 1. The van der Waals surface area contributed by atoms with Crippen molar-refractivity contribution in [3.8, 4) is 45.3 Å². The van der Waals surface area contributed by atoms with Crippen LogP contribution in [0.25, 0.3) is 132 Å². The number of benzene rings is 10. The second kappa shape index (κ2) is 15.0. The van der Waals surface area contributed by atoms with Crippen molar-refractivity contribution in [3.05, 3.63) is 249 Å². The summed E-state index contributed by atoms with van der Waals surface area (Å²) in [5.74, 6) is 0.647. The molecule has 0 aliphatic rings. The van der Waals surface area contributed by atoms with Gasteiger partial charge in [0.15, 0.2) is 0 Å². The van der Waals surface area contributed by atoms with Crippen molar-refractivity contribution in [2.75, 3.05) is 0 Å². The summed E-state index contributed by atoms with van der Waals surface area (Å²) in [5, 5.41) is 6.33. The third-order valence-electron chi connectivity index (χ3n) is 14.0. The summed E-state index contributed by atoms with van der Waals surface area (Å²) in [4.78, 5) is 5.52. The molecule has 0 atom stereocenters. The zero-order valence-corrected chi connectivity index (χ0v) is 37.3. The highest BCUT2D eigenvalue weighted by Gasteiger charge is 2.25. The Labute approximate surface area is 413 Å². The second-order valence-electron chi connectivity index (χ2n) is 17.7. The van der Waals surface area contributed by atoms with Crippen molar-refractivity contribution < 1.29 is 11.0 Å². The predicted molar refractivity (Wildman–Crippen MR) is 292 cm³/mol. The monoisotopic (exact) mass is 899 g/mol. The SMILES string of the molecule is [2H]c1c([2H])c([2H])c2c(c1[2H])c1ccccc1n2-c1cc(-c2c(-c3ccccc3-n3c4ccccc4c4ccccc43)cccc2-n2c3ccccc3c3ccccc32)cc(-n2c3ccccc3c3c([2H])c([2H])c([2H])c([2H])c32)n1. The molecular formula is C65H41N5. The lowest BCUT2D eigenvalue weighted by molar-refractivity contribution is 1.01. The fourth-order valence-corrected chi connectivity index (χ4v) is 11.2. The molecule has 0 saturated carbocycles. The van der Waals surface area contributed by atoms with E-state index in [0.29, 0.717) is 49.8 Å². The lowest BCUT2D eigenvalue weighted by Gasteiger charge is -2.22. The highest BCUT2D eigenvalue weighted by atomic mass is 15.1. The van der Waals surface area contributed by atoms with Gasteiger partial charge in [-0.15, -0.1) is 0 Å². The zero-order chi connectivity index (χ0) is 52.8. The summed E-state index contributed by atoms with van der Waals surface area (Å²) >= 11 is 0. The lowest BCUT2D eigenvalue weighted by atomic mass is 9.91. The summed E-state index contributed by atoms with van der Waals surface area (Å²) in [6, 6.07) is 65.2. The van der Waals surface area contributed by atoms with Crippen LogP contribution in [0.4, 0.5) is 0 Å². The number of hydrogen-bond donors (Lipinski definition) is 0. The quantitative estimate of drug-likeness (QED) is 0.164. The van der Waals surface area contributed by atoms with Crippen LogP contribution in [0, 0.1) is 0 Å². The summed E-state index contributed by atoms with van der Waals surface area (Å²) in [6.45, 7) is 0. The second-order valence-corrected chi connectivity index (χ2v) is 17.7. The first-order chi connectivity index (χ1) is 38.1. The van der Waals surface area contributed by atoms with E-state index in [0.717, 1.165) is 71.7 Å². The molecule has 0 saturated heterocycles. The number of nitrogens with zero attached hydrogens (tertiary/aromatic N) is 5. The van der Waals surface area contributed by atoms with Gasteiger partial charge in [0.1, 0.15) is 11.6 Å². The van der Waals surface area contributed by atoms with Crippen molar-refractivity contribution in [2.24, 2.45) is 0 Å². The van der Waals surface area contributed by atoms with Crippen molar-refractivity contribution in [3.63, 3.8) is 0 Å². The molecule has 5 heterocycles. The molecule has 0 fully saturated rings. The van der Waals surface area contributed by atoms with Crippen LogP contribution < -0.4 is 0 Å². The van der Waals surface area contributed by atoms with Crippen molar-refractivity contribution in [1.82, 2.24) is 23.3 Å². The summed E-state index contributed by atoms with van der Waals surface area (Å²) in [5.41, 5.74) is 10.9. The summed E-state index contributed by atoms with van der Waals surface area (Å²) in [6.07, 6.45) is 0. The van der Waals surface area contributed by atoms with Crippen LogP contribution in [0.5, 0.6) is 0 Å². The van der Waals surface area contributed by atoms with E-state index in [1.54, 1.807) is 0 Å². The first-order valence-electron chi connectivity index (χ1n) is 27.3. The standard InChI is InChI=1S/C65H41N5/c1-10-30-53-43(20-1)44-21-2-11-31-54(44)67(53)57-34-14-9-28-51(57)52-29-19-39-62(68-55-32-12-3-22-45(55)46-23-4-13-33-56(46)68)65(52)42-40-63(69-58-35-15-5-24-47(58)48-25-6-16-36-59(48)69)66-64(41-42)70-60-37-17-7-26-49(60)50-27-8-18-38-61(50)70/h1-41H/i5D,7D,15D,17D,24D,26D,35D,37D. The van der Waals surface area contributed by atoms with Gasteiger partial charge < -0.3 is 9.13 Å². The molecule has 0 unspecified atom stereocenters. The van der Waals surface area contributed by atoms with Crippen molar-refractivity contribution in [1.29, 1.82) is 0 Å². The highest BCUT2D eigenvalue weighted by Crippen LogP contribution is 2.46. The molecule has 15 rings (SSSR count). The van der Waals surface area contributed by atoms with Crippen LogP contribution in [0.3, 0.4) is 0 Å². The predicted octanol–water partition coefficient (Wildman–Crippen LogP) is 16.8. The molecule has 0 amide bonds. The van der Waals surface area contributed by atoms with Gasteiger partial charge >= 0.3 is 0 Å². The molecule has 0 N–H and O–H groups in total. The van der Waals surface area contributed by atoms with E-state index >= 15 is 0 Å². The van der Waals surface area contributed by atoms with Crippen LogP contribution in [0.1, 0.15) is 11.0 Å². The molecule has 0 radical (unpaired) electrons. The average Bonchev–Trinajstić information content (AvgIpc) is 4.40. The van der Waals surface area contributed by atoms with Crippen molar-refractivity contribution in [2.45, 2.75) is 0 Å². The van der Waals surface area contributed by atoms with Gasteiger partial charge in [0, 0.05) is 54.2 Å². The molecule has 5 heteroatoms. The normalized spacial score (nSPS) is 13.6. The number of rotatable bonds is 6. The topological polar surface area (TPSA) is 32.6 Å². The van der Waals surface area contributed by atoms with Gasteiger partial charge in [-0.3, -0.25) is 9.13 Å². The van der Waals surface area contributed by atoms with Crippen LogP contribution >= 0.6 is 0 Å². The van der Waals surface area contributed by atoms with E-state index in [-0.39, 0.29) is 59.4 Å². The van der Waals surface area contributed by atoms with E-state index in [1.807, 2.05) is 69.8 Å². The first-order valence-corrected chi connectivity index (χ1v) is 23.3. The van der Waals surface area contributed by atoms with E-state index < -0.39 is 0 Å². The Bertz CT molecular complexity index is 4840. The number of fused-ring (bicyclic) bond motifs is 12. The molecule has 0 spiro atoms. The maximum Gasteiger partial charge on any atom is 0.140 e. The molecule has 10 aromatic carbocycles. The van der Waals surface area contributed by atoms with Crippen LogP contribution in [-0.2, 0) is 0 Å². The third kappa shape index (κ3) is 5.51. The van der Waals surface area contributed by atoms with E-state index in [2.05, 4.69) is 149 Å². The highest BCUT2D eigenvalue weighted by molar-refractivity contribution is 6.13. The van der Waals surface area contributed by atoms with Crippen LogP contribution in [-0.4, -0.2) is 23.3 Å². The Morgan fingerprint density at radius 3 is 1.10 bits per heavy atom. The van der Waals surface area contributed by atoms with Gasteiger partial charge in [-0.1, -0.05) is 176 Å². The Hall–Kier alpha value is -9.45. The Kier molecular flexibility index (Phi) is 6.76. The molecule has 70 heavy (non-hydrogen) atoms. The lowest BCUT2D eigenvalue weighted by Crippen LogP contribution is -2.06. The van der Waals surface area contributed by atoms with Gasteiger partial charge in [0.05, 0.1) is 66.5 Å². The summed E-state index contributed by atoms with van der Waals surface area (Å²) in [7, 11) is 0. The molecule has 5 nitrogen and oxygen atoms in total. The minimum Gasteiger partial charge on any atom is -0.309 e. The maximum atomic E-state index is 9.57. The molecule has 0 aliphatic heterocycles. The third-order valence-corrected chi connectivity index (χ3v) is 14.0. The van der Waals surface area contributed by atoms with Crippen LogP contribution in [0.2, 0.25) is 0 Å². The van der Waals surface area contributed by atoms with Gasteiger partial charge in [0.2, 0.25) is 0 Å². The molecule has 0 aliphatic carbocycles. The van der Waals surface area contributed by atoms with Crippen molar-refractivity contribution >= 4 is 87.2 Å². The fraction of sp³-hybridized carbons (Fsp3) is 0. The van der Waals surface area contributed by atoms with Gasteiger partial charge in [0.25, 0.3) is 0 Å². The van der Waals surface area contributed by atoms with E-state index in [4.69, 9.17) is 10.5 Å². The Morgan fingerprint density at radius 1 is 0.286 bits per heavy atom. The molecule has 0 bridgehead atoms.